The molecule has 1 saturated heterocycles. The van der Waals surface area contributed by atoms with E-state index in [1.165, 1.54) is 0 Å². The molecule has 1 aliphatic rings. The zero-order valence-corrected chi connectivity index (χ0v) is 20.7. The van der Waals surface area contributed by atoms with Crippen molar-refractivity contribution in [2.45, 2.75) is 45.3 Å². The highest BCUT2D eigenvalue weighted by Gasteiger charge is 2.23. The van der Waals surface area contributed by atoms with E-state index in [2.05, 4.69) is 58.6 Å². The van der Waals surface area contributed by atoms with Gasteiger partial charge in [-0.1, -0.05) is 32.0 Å². The van der Waals surface area contributed by atoms with Crippen molar-refractivity contribution in [2.75, 3.05) is 52.3 Å². The minimum absolute atomic E-state index is 0. The largest absolute Gasteiger partial charge is 0.385 e. The zero-order chi connectivity index (χ0) is 20.2. The van der Waals surface area contributed by atoms with E-state index in [1.54, 1.807) is 7.11 Å². The molecule has 0 bridgehead atoms. The highest BCUT2D eigenvalue weighted by atomic mass is 127. The van der Waals surface area contributed by atoms with Crippen LogP contribution in [0.25, 0.3) is 0 Å². The number of piperidine rings is 1. The van der Waals surface area contributed by atoms with Crippen molar-refractivity contribution in [3.63, 3.8) is 0 Å². The second-order valence-electron chi connectivity index (χ2n) is 7.69. The molecule has 0 saturated carbocycles. The van der Waals surface area contributed by atoms with Crippen LogP contribution in [0.3, 0.4) is 0 Å². The molecule has 0 aromatic heterocycles. The third-order valence-corrected chi connectivity index (χ3v) is 5.21. The number of benzene rings is 1. The van der Waals surface area contributed by atoms with Gasteiger partial charge in [-0.3, -0.25) is 4.99 Å². The van der Waals surface area contributed by atoms with E-state index in [1.807, 2.05) is 13.1 Å². The molecule has 1 aliphatic heterocycles. The SMILES string of the molecule is CN=C(NCC(Nc1ccccc1)C(C)C)N1CCC(OCCCOC)CC1.I. The summed E-state index contributed by atoms with van der Waals surface area (Å²) in [6, 6.07) is 10.7. The summed E-state index contributed by atoms with van der Waals surface area (Å²) in [6.45, 7) is 8.85. The second-order valence-corrected chi connectivity index (χ2v) is 7.69. The van der Waals surface area contributed by atoms with Gasteiger partial charge in [-0.05, 0) is 37.3 Å². The summed E-state index contributed by atoms with van der Waals surface area (Å²) in [5.41, 5.74) is 1.16. The molecule has 1 aromatic rings. The van der Waals surface area contributed by atoms with E-state index in [0.717, 1.165) is 63.8 Å². The van der Waals surface area contributed by atoms with Crippen LogP contribution in [0.15, 0.2) is 35.3 Å². The number of halogens is 1. The summed E-state index contributed by atoms with van der Waals surface area (Å²) >= 11 is 0. The van der Waals surface area contributed by atoms with Crippen LogP contribution in [0.4, 0.5) is 5.69 Å². The molecule has 2 N–H and O–H groups in total. The summed E-state index contributed by atoms with van der Waals surface area (Å²) in [4.78, 5) is 6.85. The molecular formula is C22H39IN4O2. The van der Waals surface area contributed by atoms with E-state index in [-0.39, 0.29) is 24.0 Å². The van der Waals surface area contributed by atoms with Gasteiger partial charge in [-0.25, -0.2) is 0 Å². The Hall–Kier alpha value is -1.06. The first kappa shape index (κ1) is 26.0. The van der Waals surface area contributed by atoms with Gasteiger partial charge in [0.25, 0.3) is 0 Å². The second kappa shape index (κ2) is 14.8. The molecule has 6 nitrogen and oxygen atoms in total. The number of nitrogens with zero attached hydrogens (tertiary/aromatic N) is 2. The maximum atomic E-state index is 5.97. The maximum Gasteiger partial charge on any atom is 0.193 e. The van der Waals surface area contributed by atoms with Gasteiger partial charge < -0.3 is 25.0 Å². The van der Waals surface area contributed by atoms with Crippen LogP contribution in [-0.2, 0) is 9.47 Å². The Bertz CT molecular complexity index is 563. The van der Waals surface area contributed by atoms with Crippen molar-refractivity contribution in [3.8, 4) is 0 Å². The molecular weight excluding hydrogens is 479 g/mol. The molecule has 2 rings (SSSR count). The third-order valence-electron chi connectivity index (χ3n) is 5.21. The average molecular weight is 518 g/mol. The first-order valence-electron chi connectivity index (χ1n) is 10.5. The van der Waals surface area contributed by atoms with Gasteiger partial charge in [-0.15, -0.1) is 24.0 Å². The molecule has 1 atom stereocenters. The van der Waals surface area contributed by atoms with Crippen LogP contribution in [-0.4, -0.2) is 70.0 Å². The lowest BCUT2D eigenvalue weighted by atomic mass is 10.0. The lowest BCUT2D eigenvalue weighted by molar-refractivity contribution is 0.00990. The number of methoxy groups -OCH3 is 1. The van der Waals surface area contributed by atoms with Crippen LogP contribution in [0.2, 0.25) is 0 Å². The number of nitrogens with one attached hydrogen (secondary N) is 2. The Kier molecular flexibility index (Phi) is 13.3. The number of anilines is 1. The van der Waals surface area contributed by atoms with Gasteiger partial charge in [0.2, 0.25) is 0 Å². The Balaban J connectivity index is 0.00000420. The average Bonchev–Trinajstić information content (AvgIpc) is 2.72. The van der Waals surface area contributed by atoms with Gasteiger partial charge in [-0.2, -0.15) is 0 Å². The van der Waals surface area contributed by atoms with E-state index >= 15 is 0 Å². The fourth-order valence-corrected chi connectivity index (χ4v) is 3.42. The van der Waals surface area contributed by atoms with Crippen LogP contribution < -0.4 is 10.6 Å². The molecule has 1 fully saturated rings. The molecule has 0 radical (unpaired) electrons. The monoisotopic (exact) mass is 518 g/mol. The molecule has 1 aromatic carbocycles. The summed E-state index contributed by atoms with van der Waals surface area (Å²) in [6.07, 6.45) is 3.41. The number of likely N-dealkylation sites (tertiary alicyclic amines) is 1. The van der Waals surface area contributed by atoms with Crippen molar-refractivity contribution in [1.82, 2.24) is 10.2 Å². The number of para-hydroxylation sites is 1. The smallest absolute Gasteiger partial charge is 0.193 e. The Morgan fingerprint density at radius 2 is 1.86 bits per heavy atom. The van der Waals surface area contributed by atoms with E-state index in [9.17, 15) is 0 Å². The van der Waals surface area contributed by atoms with Crippen LogP contribution in [0, 0.1) is 5.92 Å². The molecule has 0 aliphatic carbocycles. The van der Waals surface area contributed by atoms with Gasteiger partial charge in [0.1, 0.15) is 0 Å². The van der Waals surface area contributed by atoms with Crippen LogP contribution >= 0.6 is 24.0 Å². The van der Waals surface area contributed by atoms with E-state index in [0.29, 0.717) is 18.1 Å². The van der Waals surface area contributed by atoms with E-state index in [4.69, 9.17) is 9.47 Å². The number of hydrogen-bond donors (Lipinski definition) is 2. The Labute approximate surface area is 193 Å². The minimum Gasteiger partial charge on any atom is -0.385 e. The summed E-state index contributed by atoms with van der Waals surface area (Å²) in [5, 5.41) is 7.21. The molecule has 0 amide bonds. The predicted molar refractivity (Wildman–Crippen MR) is 133 cm³/mol. The molecule has 1 heterocycles. The fourth-order valence-electron chi connectivity index (χ4n) is 3.42. The topological polar surface area (TPSA) is 58.1 Å². The summed E-state index contributed by atoms with van der Waals surface area (Å²) in [7, 11) is 3.60. The zero-order valence-electron chi connectivity index (χ0n) is 18.4. The van der Waals surface area contributed by atoms with Gasteiger partial charge in [0.15, 0.2) is 5.96 Å². The number of guanidine groups is 1. The lowest BCUT2D eigenvalue weighted by Gasteiger charge is -2.35. The van der Waals surface area contributed by atoms with Gasteiger partial charge >= 0.3 is 0 Å². The van der Waals surface area contributed by atoms with E-state index < -0.39 is 0 Å². The Morgan fingerprint density at radius 3 is 2.45 bits per heavy atom. The van der Waals surface area contributed by atoms with Gasteiger partial charge in [0, 0.05) is 58.7 Å². The first-order chi connectivity index (χ1) is 13.6. The highest BCUT2D eigenvalue weighted by molar-refractivity contribution is 14.0. The van der Waals surface area contributed by atoms with Crippen LogP contribution in [0.5, 0.6) is 0 Å². The molecule has 1 unspecified atom stereocenters. The number of hydrogen-bond acceptors (Lipinski definition) is 4. The summed E-state index contributed by atoms with van der Waals surface area (Å²) in [5.74, 6) is 1.50. The molecule has 29 heavy (non-hydrogen) atoms. The highest BCUT2D eigenvalue weighted by Crippen LogP contribution is 2.15. The minimum atomic E-state index is 0. The predicted octanol–water partition coefficient (Wildman–Crippen LogP) is 3.83. The number of rotatable bonds is 10. The standard InChI is InChI=1S/C22H38N4O2.HI/c1-18(2)21(25-19-9-6-5-7-10-19)17-24-22(23-3)26-13-11-20(12-14-26)28-16-8-15-27-4;/h5-7,9-10,18,20-21,25H,8,11-17H2,1-4H3,(H,23,24);1H. The van der Waals surface area contributed by atoms with Crippen LogP contribution in [0.1, 0.15) is 33.1 Å². The first-order valence-corrected chi connectivity index (χ1v) is 10.5. The quantitative estimate of drug-likeness (QED) is 0.214. The lowest BCUT2D eigenvalue weighted by Crippen LogP contribution is -2.50. The van der Waals surface area contributed by atoms with Gasteiger partial charge in [0.05, 0.1) is 6.10 Å². The third kappa shape index (κ3) is 9.53. The van der Waals surface area contributed by atoms with Crippen molar-refractivity contribution in [3.05, 3.63) is 30.3 Å². The number of ether oxygens (including phenoxy) is 2. The Morgan fingerprint density at radius 1 is 1.17 bits per heavy atom. The molecule has 7 heteroatoms. The number of aliphatic imine (C=N–C) groups is 1. The van der Waals surface area contributed by atoms with Crippen molar-refractivity contribution in [2.24, 2.45) is 10.9 Å². The molecule has 0 spiro atoms. The normalized spacial score (nSPS) is 16.4. The van der Waals surface area contributed by atoms with Crippen molar-refractivity contribution in [1.29, 1.82) is 0 Å². The van der Waals surface area contributed by atoms with Crippen molar-refractivity contribution >= 4 is 35.6 Å². The molecule has 166 valence electrons. The maximum absolute atomic E-state index is 5.97. The fraction of sp³-hybridized carbons (Fsp3) is 0.682. The summed E-state index contributed by atoms with van der Waals surface area (Å²) < 4.78 is 11.0. The van der Waals surface area contributed by atoms with Crippen molar-refractivity contribution < 1.29 is 9.47 Å².